The Labute approximate surface area is 152 Å². The van der Waals surface area contributed by atoms with Crippen molar-refractivity contribution in [1.82, 2.24) is 10.2 Å². The van der Waals surface area contributed by atoms with Gasteiger partial charge < -0.3 is 19.7 Å². The van der Waals surface area contributed by atoms with Crippen LogP contribution in [0.5, 0.6) is 0 Å². The summed E-state index contributed by atoms with van der Waals surface area (Å²) in [7, 11) is 0. The van der Waals surface area contributed by atoms with Crippen LogP contribution in [0.2, 0.25) is 0 Å². The average molecular weight is 353 g/mol. The molecule has 25 heavy (non-hydrogen) atoms. The lowest BCUT2D eigenvalue weighted by molar-refractivity contribution is 0.0116. The molecule has 1 saturated carbocycles. The van der Waals surface area contributed by atoms with Gasteiger partial charge in [0, 0.05) is 37.9 Å². The predicted octanol–water partition coefficient (Wildman–Crippen LogP) is 3.71. The zero-order valence-corrected chi connectivity index (χ0v) is 16.3. The topological polar surface area (TPSA) is 50.8 Å². The minimum absolute atomic E-state index is 0.120. The van der Waals surface area contributed by atoms with E-state index in [0.717, 1.165) is 45.4 Å². The van der Waals surface area contributed by atoms with Crippen LogP contribution in [-0.4, -0.2) is 54.5 Å². The van der Waals surface area contributed by atoms with E-state index in [-0.39, 0.29) is 6.09 Å². The SMILES string of the molecule is CC(C)(C)OC(=O)N1CCCC1C1CCCCC1NC1CCOCC1. The van der Waals surface area contributed by atoms with Crippen LogP contribution in [0.15, 0.2) is 0 Å². The molecule has 0 aromatic heterocycles. The van der Waals surface area contributed by atoms with Crippen molar-refractivity contribution in [2.24, 2.45) is 5.92 Å². The van der Waals surface area contributed by atoms with Crippen molar-refractivity contribution in [3.05, 3.63) is 0 Å². The standard InChI is InChI=1S/C20H36N2O3/c1-20(2,3)25-19(23)22-12-6-9-18(22)16-7-4-5-8-17(16)21-15-10-13-24-14-11-15/h15-18,21H,4-14H2,1-3H3. The summed E-state index contributed by atoms with van der Waals surface area (Å²) in [5.41, 5.74) is -0.420. The van der Waals surface area contributed by atoms with Gasteiger partial charge in [-0.2, -0.15) is 0 Å². The molecule has 0 aromatic carbocycles. The summed E-state index contributed by atoms with van der Waals surface area (Å²) in [5, 5.41) is 3.93. The fourth-order valence-electron chi connectivity index (χ4n) is 4.78. The van der Waals surface area contributed by atoms with Gasteiger partial charge in [-0.1, -0.05) is 12.8 Å². The fraction of sp³-hybridized carbons (Fsp3) is 0.950. The number of likely N-dealkylation sites (tertiary alicyclic amines) is 1. The van der Waals surface area contributed by atoms with Crippen LogP contribution in [0.1, 0.15) is 72.1 Å². The van der Waals surface area contributed by atoms with Gasteiger partial charge in [0.1, 0.15) is 5.60 Å². The summed E-state index contributed by atoms with van der Waals surface area (Å²) < 4.78 is 11.2. The Morgan fingerprint density at radius 3 is 2.48 bits per heavy atom. The van der Waals surface area contributed by atoms with Gasteiger partial charge in [-0.15, -0.1) is 0 Å². The first-order valence-electron chi connectivity index (χ1n) is 10.3. The first-order chi connectivity index (χ1) is 11.9. The lowest BCUT2D eigenvalue weighted by Crippen LogP contribution is -2.53. The minimum atomic E-state index is -0.420. The third kappa shape index (κ3) is 5.10. The molecule has 3 rings (SSSR count). The Morgan fingerprint density at radius 2 is 1.76 bits per heavy atom. The van der Waals surface area contributed by atoms with E-state index in [2.05, 4.69) is 5.32 Å². The molecule has 1 amide bonds. The molecule has 144 valence electrons. The van der Waals surface area contributed by atoms with E-state index in [9.17, 15) is 4.79 Å². The van der Waals surface area contributed by atoms with E-state index < -0.39 is 5.60 Å². The van der Waals surface area contributed by atoms with E-state index in [1.54, 1.807) is 0 Å². The number of hydrogen-bond acceptors (Lipinski definition) is 4. The molecule has 3 aliphatic rings. The first kappa shape index (κ1) is 19.0. The second-order valence-corrected chi connectivity index (χ2v) is 8.99. The third-order valence-electron chi connectivity index (χ3n) is 5.91. The summed E-state index contributed by atoms with van der Waals surface area (Å²) in [4.78, 5) is 14.7. The number of hydrogen-bond donors (Lipinski definition) is 1. The number of carbonyl (C=O) groups is 1. The van der Waals surface area contributed by atoms with Gasteiger partial charge >= 0.3 is 6.09 Å². The second kappa shape index (κ2) is 8.26. The zero-order valence-electron chi connectivity index (χ0n) is 16.3. The highest BCUT2D eigenvalue weighted by atomic mass is 16.6. The summed E-state index contributed by atoms with van der Waals surface area (Å²) in [6.07, 6.45) is 9.38. The van der Waals surface area contributed by atoms with Crippen molar-refractivity contribution < 1.29 is 14.3 Å². The van der Waals surface area contributed by atoms with Crippen LogP contribution < -0.4 is 5.32 Å². The molecule has 2 saturated heterocycles. The Balaban J connectivity index is 1.64. The summed E-state index contributed by atoms with van der Waals surface area (Å²) in [6, 6.07) is 1.45. The quantitative estimate of drug-likeness (QED) is 0.841. The van der Waals surface area contributed by atoms with Crippen LogP contribution in [0.3, 0.4) is 0 Å². The second-order valence-electron chi connectivity index (χ2n) is 8.99. The molecule has 1 N–H and O–H groups in total. The molecular weight excluding hydrogens is 316 g/mol. The van der Waals surface area contributed by atoms with Crippen molar-refractivity contribution in [1.29, 1.82) is 0 Å². The molecule has 0 radical (unpaired) electrons. The molecule has 0 aromatic rings. The van der Waals surface area contributed by atoms with Crippen LogP contribution in [-0.2, 0) is 9.47 Å². The molecule has 2 heterocycles. The zero-order chi connectivity index (χ0) is 17.9. The van der Waals surface area contributed by atoms with Gasteiger partial charge in [-0.25, -0.2) is 4.79 Å². The highest BCUT2D eigenvalue weighted by Gasteiger charge is 2.41. The minimum Gasteiger partial charge on any atom is -0.444 e. The van der Waals surface area contributed by atoms with Crippen molar-refractivity contribution >= 4 is 6.09 Å². The number of ether oxygens (including phenoxy) is 2. The Morgan fingerprint density at radius 1 is 1.04 bits per heavy atom. The molecular formula is C20H36N2O3. The molecule has 0 bridgehead atoms. The van der Waals surface area contributed by atoms with Crippen LogP contribution >= 0.6 is 0 Å². The van der Waals surface area contributed by atoms with Gasteiger partial charge in [0.25, 0.3) is 0 Å². The number of nitrogens with one attached hydrogen (secondary N) is 1. The lowest BCUT2D eigenvalue weighted by Gasteiger charge is -2.42. The maximum atomic E-state index is 12.7. The number of carbonyl (C=O) groups excluding carboxylic acids is 1. The smallest absolute Gasteiger partial charge is 0.410 e. The molecule has 0 spiro atoms. The van der Waals surface area contributed by atoms with E-state index >= 15 is 0 Å². The molecule has 5 heteroatoms. The highest BCUT2D eigenvalue weighted by molar-refractivity contribution is 5.69. The van der Waals surface area contributed by atoms with Crippen LogP contribution in [0, 0.1) is 5.92 Å². The molecule has 5 nitrogen and oxygen atoms in total. The van der Waals surface area contributed by atoms with Gasteiger partial charge in [-0.05, 0) is 65.2 Å². The van der Waals surface area contributed by atoms with Crippen LogP contribution in [0.4, 0.5) is 4.79 Å². The molecule has 3 fully saturated rings. The largest absolute Gasteiger partial charge is 0.444 e. The Kier molecular flexibility index (Phi) is 6.26. The van der Waals surface area contributed by atoms with E-state index in [0.29, 0.717) is 24.0 Å². The van der Waals surface area contributed by atoms with E-state index in [1.807, 2.05) is 25.7 Å². The van der Waals surface area contributed by atoms with Gasteiger partial charge in [0.15, 0.2) is 0 Å². The van der Waals surface area contributed by atoms with Crippen molar-refractivity contribution in [3.8, 4) is 0 Å². The monoisotopic (exact) mass is 352 g/mol. The first-order valence-corrected chi connectivity index (χ1v) is 10.3. The van der Waals surface area contributed by atoms with Gasteiger partial charge in [0.2, 0.25) is 0 Å². The molecule has 2 aliphatic heterocycles. The molecule has 3 atom stereocenters. The summed E-state index contributed by atoms with van der Waals surface area (Å²) >= 11 is 0. The van der Waals surface area contributed by atoms with Crippen LogP contribution in [0.25, 0.3) is 0 Å². The maximum absolute atomic E-state index is 12.7. The van der Waals surface area contributed by atoms with E-state index in [4.69, 9.17) is 9.47 Å². The normalized spacial score (nSPS) is 32.0. The van der Waals surface area contributed by atoms with Gasteiger partial charge in [0.05, 0.1) is 0 Å². The number of amides is 1. The molecule has 3 unspecified atom stereocenters. The van der Waals surface area contributed by atoms with Crippen molar-refractivity contribution in [3.63, 3.8) is 0 Å². The summed E-state index contributed by atoms with van der Waals surface area (Å²) in [5.74, 6) is 0.562. The maximum Gasteiger partial charge on any atom is 0.410 e. The van der Waals surface area contributed by atoms with Crippen molar-refractivity contribution in [2.45, 2.75) is 95.9 Å². The average Bonchev–Trinajstić information content (AvgIpc) is 3.04. The number of nitrogens with zero attached hydrogens (tertiary/aromatic N) is 1. The predicted molar refractivity (Wildman–Crippen MR) is 98.7 cm³/mol. The van der Waals surface area contributed by atoms with E-state index in [1.165, 1.54) is 25.7 Å². The summed E-state index contributed by atoms with van der Waals surface area (Å²) in [6.45, 7) is 8.45. The highest BCUT2D eigenvalue weighted by Crippen LogP contribution is 2.36. The fourth-order valence-corrected chi connectivity index (χ4v) is 4.78. The molecule has 1 aliphatic carbocycles. The van der Waals surface area contributed by atoms with Gasteiger partial charge in [-0.3, -0.25) is 0 Å². The lowest BCUT2D eigenvalue weighted by atomic mass is 9.78. The van der Waals surface area contributed by atoms with Crippen molar-refractivity contribution in [2.75, 3.05) is 19.8 Å². The number of rotatable bonds is 3. The Hall–Kier alpha value is -0.810. The third-order valence-corrected chi connectivity index (χ3v) is 5.91. The Bertz CT molecular complexity index is 443.